The number of methoxy groups -OCH3 is 2. The molecule has 1 aromatic carbocycles. The van der Waals surface area contributed by atoms with Gasteiger partial charge in [0, 0.05) is 11.5 Å². The van der Waals surface area contributed by atoms with E-state index in [0.29, 0.717) is 6.04 Å². The molecule has 2 atom stereocenters. The smallest absolute Gasteiger partial charge is 0.161 e. The van der Waals surface area contributed by atoms with Crippen molar-refractivity contribution in [3.8, 4) is 11.5 Å². The summed E-state index contributed by atoms with van der Waals surface area (Å²) in [5.41, 5.74) is 3.14. The zero-order valence-electron chi connectivity index (χ0n) is 13.5. The fraction of sp³-hybridized carbons (Fsp3) is 0.556. The second kappa shape index (κ2) is 5.38. The van der Waals surface area contributed by atoms with Crippen LogP contribution in [0.15, 0.2) is 29.8 Å². The van der Waals surface area contributed by atoms with E-state index in [4.69, 9.17) is 9.47 Å². The van der Waals surface area contributed by atoms with Gasteiger partial charge in [-0.1, -0.05) is 17.7 Å². The quantitative estimate of drug-likeness (QED) is 0.795. The van der Waals surface area contributed by atoms with Crippen molar-refractivity contribution < 1.29 is 9.47 Å². The Morgan fingerprint density at radius 3 is 2.62 bits per heavy atom. The highest BCUT2D eigenvalue weighted by atomic mass is 16.5. The summed E-state index contributed by atoms with van der Waals surface area (Å²) < 4.78 is 10.9. The van der Waals surface area contributed by atoms with Gasteiger partial charge in [-0.25, -0.2) is 0 Å². The molecule has 0 N–H and O–H groups in total. The zero-order chi connectivity index (χ0) is 15.0. The summed E-state index contributed by atoms with van der Waals surface area (Å²) in [6.45, 7) is 3.41. The van der Waals surface area contributed by atoms with Crippen LogP contribution in [0, 0.1) is 0 Å². The molecule has 0 spiro atoms. The normalized spacial score (nSPS) is 29.0. The van der Waals surface area contributed by atoms with Gasteiger partial charge in [0.25, 0.3) is 0 Å². The van der Waals surface area contributed by atoms with Gasteiger partial charge >= 0.3 is 0 Å². The molecule has 3 rings (SSSR count). The molecule has 0 aromatic heterocycles. The lowest BCUT2D eigenvalue weighted by molar-refractivity contribution is 0.266. The number of likely N-dealkylation sites (N-methyl/N-ethyl adjacent to an activating group) is 1. The number of nitrogens with zero attached hydrogens (tertiary/aromatic N) is 1. The Kier molecular flexibility index (Phi) is 3.70. The van der Waals surface area contributed by atoms with Gasteiger partial charge in [0.15, 0.2) is 11.5 Å². The summed E-state index contributed by atoms with van der Waals surface area (Å²) in [7, 11) is 5.64. The van der Waals surface area contributed by atoms with Crippen LogP contribution in [-0.2, 0) is 5.41 Å². The largest absolute Gasteiger partial charge is 0.493 e. The summed E-state index contributed by atoms with van der Waals surface area (Å²) in [6, 6.07) is 6.95. The Bertz CT molecular complexity index is 566. The Balaban J connectivity index is 2.06. The first-order valence-corrected chi connectivity index (χ1v) is 7.71. The van der Waals surface area contributed by atoms with E-state index >= 15 is 0 Å². The fourth-order valence-electron chi connectivity index (χ4n) is 4.02. The lowest BCUT2D eigenvalue weighted by atomic mass is 9.67. The number of likely N-dealkylation sites (tertiary alicyclic amines) is 1. The van der Waals surface area contributed by atoms with E-state index < -0.39 is 0 Å². The van der Waals surface area contributed by atoms with Crippen molar-refractivity contribution in [2.75, 3.05) is 27.8 Å². The van der Waals surface area contributed by atoms with Crippen molar-refractivity contribution in [3.63, 3.8) is 0 Å². The summed E-state index contributed by atoms with van der Waals surface area (Å²) in [5.74, 6) is 1.65. The molecule has 1 fully saturated rings. The van der Waals surface area contributed by atoms with E-state index in [9.17, 15) is 0 Å². The second-order valence-corrected chi connectivity index (χ2v) is 6.41. The molecule has 0 bridgehead atoms. The van der Waals surface area contributed by atoms with Crippen molar-refractivity contribution in [1.29, 1.82) is 0 Å². The second-order valence-electron chi connectivity index (χ2n) is 6.41. The van der Waals surface area contributed by atoms with Crippen LogP contribution in [0.2, 0.25) is 0 Å². The molecular formula is C18H25NO2. The fourth-order valence-corrected chi connectivity index (χ4v) is 4.02. The molecule has 1 aliphatic heterocycles. The number of benzene rings is 1. The molecule has 0 radical (unpaired) electrons. The van der Waals surface area contributed by atoms with Crippen molar-refractivity contribution in [2.45, 2.75) is 37.6 Å². The van der Waals surface area contributed by atoms with Crippen LogP contribution in [0.25, 0.3) is 0 Å². The first-order valence-electron chi connectivity index (χ1n) is 7.71. The van der Waals surface area contributed by atoms with Gasteiger partial charge in [-0.2, -0.15) is 0 Å². The number of ether oxygens (including phenoxy) is 2. The van der Waals surface area contributed by atoms with Gasteiger partial charge in [-0.05, 0) is 57.5 Å². The molecular weight excluding hydrogens is 262 g/mol. The first-order chi connectivity index (χ1) is 10.1. The maximum Gasteiger partial charge on any atom is 0.161 e. The van der Waals surface area contributed by atoms with E-state index in [1.165, 1.54) is 30.4 Å². The highest BCUT2D eigenvalue weighted by Crippen LogP contribution is 2.48. The number of rotatable bonds is 3. The van der Waals surface area contributed by atoms with Gasteiger partial charge < -0.3 is 9.47 Å². The van der Waals surface area contributed by atoms with Gasteiger partial charge in [0.05, 0.1) is 14.2 Å². The van der Waals surface area contributed by atoms with Crippen LogP contribution in [0.5, 0.6) is 11.5 Å². The van der Waals surface area contributed by atoms with E-state index in [2.05, 4.69) is 37.1 Å². The Hall–Kier alpha value is -1.48. The minimum absolute atomic E-state index is 0.230. The van der Waals surface area contributed by atoms with Gasteiger partial charge in [-0.3, -0.25) is 4.90 Å². The average Bonchev–Trinajstić information content (AvgIpc) is 2.85. The Labute approximate surface area is 127 Å². The SMILES string of the molecule is COc1ccc([C@@]23CCC(C)=C[C@@H]2N(C)CC3)cc1OC. The van der Waals surface area contributed by atoms with E-state index in [1.54, 1.807) is 14.2 Å². The summed E-state index contributed by atoms with van der Waals surface area (Å²) in [6.07, 6.45) is 6.10. The Morgan fingerprint density at radius 1 is 1.14 bits per heavy atom. The van der Waals surface area contributed by atoms with Crippen LogP contribution >= 0.6 is 0 Å². The standard InChI is InChI=1S/C18H25NO2/c1-13-7-8-18(9-10-19(2)17(18)11-13)14-5-6-15(20-3)16(12-14)21-4/h5-6,11-12,17H,7-10H2,1-4H3/t17-,18-/m0/s1. The minimum atomic E-state index is 0.230. The molecule has 3 heteroatoms. The monoisotopic (exact) mass is 287 g/mol. The van der Waals surface area contributed by atoms with Crippen molar-refractivity contribution in [1.82, 2.24) is 4.90 Å². The predicted molar refractivity (Wildman–Crippen MR) is 85.3 cm³/mol. The number of fused-ring (bicyclic) bond motifs is 1. The molecule has 0 amide bonds. The number of hydrogen-bond donors (Lipinski definition) is 0. The van der Waals surface area contributed by atoms with Crippen molar-refractivity contribution >= 4 is 0 Å². The van der Waals surface area contributed by atoms with Gasteiger partial charge in [-0.15, -0.1) is 0 Å². The summed E-state index contributed by atoms with van der Waals surface area (Å²) in [4.78, 5) is 2.49. The average molecular weight is 287 g/mol. The number of hydrogen-bond acceptors (Lipinski definition) is 3. The molecule has 0 saturated carbocycles. The van der Waals surface area contributed by atoms with Crippen LogP contribution in [0.3, 0.4) is 0 Å². The van der Waals surface area contributed by atoms with Gasteiger partial charge in [0.2, 0.25) is 0 Å². The highest BCUT2D eigenvalue weighted by molar-refractivity contribution is 5.47. The van der Waals surface area contributed by atoms with Crippen LogP contribution in [-0.4, -0.2) is 38.8 Å². The Morgan fingerprint density at radius 2 is 1.90 bits per heavy atom. The van der Waals surface area contributed by atoms with Crippen LogP contribution in [0.4, 0.5) is 0 Å². The molecule has 1 aliphatic carbocycles. The summed E-state index contributed by atoms with van der Waals surface area (Å²) in [5, 5.41) is 0. The molecule has 0 unspecified atom stereocenters. The molecule has 2 aliphatic rings. The zero-order valence-corrected chi connectivity index (χ0v) is 13.5. The third kappa shape index (κ3) is 2.24. The molecule has 3 nitrogen and oxygen atoms in total. The molecule has 1 heterocycles. The predicted octanol–water partition coefficient (Wildman–Crippen LogP) is 3.39. The molecule has 1 aromatic rings. The molecule has 114 valence electrons. The highest BCUT2D eigenvalue weighted by Gasteiger charge is 2.47. The van der Waals surface area contributed by atoms with E-state index in [1.807, 2.05) is 6.07 Å². The first kappa shape index (κ1) is 14.5. The van der Waals surface area contributed by atoms with Gasteiger partial charge in [0.1, 0.15) is 0 Å². The molecule has 21 heavy (non-hydrogen) atoms. The van der Waals surface area contributed by atoms with Crippen molar-refractivity contribution in [2.24, 2.45) is 0 Å². The molecule has 1 saturated heterocycles. The van der Waals surface area contributed by atoms with Crippen LogP contribution in [0.1, 0.15) is 31.7 Å². The van der Waals surface area contributed by atoms with E-state index in [0.717, 1.165) is 18.0 Å². The topological polar surface area (TPSA) is 21.7 Å². The maximum atomic E-state index is 5.51. The van der Waals surface area contributed by atoms with Crippen LogP contribution < -0.4 is 9.47 Å². The maximum absolute atomic E-state index is 5.51. The third-order valence-corrected chi connectivity index (χ3v) is 5.32. The lowest BCUT2D eigenvalue weighted by Crippen LogP contribution is -2.42. The van der Waals surface area contributed by atoms with Crippen molar-refractivity contribution in [3.05, 3.63) is 35.4 Å². The van der Waals surface area contributed by atoms with E-state index in [-0.39, 0.29) is 5.41 Å². The third-order valence-electron chi connectivity index (χ3n) is 5.32. The number of allylic oxidation sites excluding steroid dienone is 1. The summed E-state index contributed by atoms with van der Waals surface area (Å²) >= 11 is 0. The minimum Gasteiger partial charge on any atom is -0.493 e. The lowest BCUT2D eigenvalue weighted by Gasteiger charge is -2.40.